The van der Waals surface area contributed by atoms with E-state index < -0.39 is 21.8 Å². The van der Waals surface area contributed by atoms with Gasteiger partial charge in [-0.15, -0.1) is 0 Å². The van der Waals surface area contributed by atoms with Crippen LogP contribution in [0.1, 0.15) is 22.3 Å². The van der Waals surface area contributed by atoms with Crippen molar-refractivity contribution in [2.24, 2.45) is 5.14 Å². The Labute approximate surface area is 162 Å². The van der Waals surface area contributed by atoms with E-state index in [1.807, 2.05) is 0 Å². The monoisotopic (exact) mass is 407 g/mol. The van der Waals surface area contributed by atoms with Crippen molar-refractivity contribution in [3.05, 3.63) is 53.6 Å². The van der Waals surface area contributed by atoms with Gasteiger partial charge in [0.25, 0.3) is 5.91 Å². The molecule has 0 aliphatic rings. The van der Waals surface area contributed by atoms with Gasteiger partial charge in [-0.3, -0.25) is 20.4 Å². The van der Waals surface area contributed by atoms with E-state index in [0.717, 1.165) is 5.56 Å². The average Bonchev–Trinajstić information content (AvgIpc) is 2.69. The number of hydrazine groups is 1. The second kappa shape index (κ2) is 9.20. The summed E-state index contributed by atoms with van der Waals surface area (Å²) >= 11 is 0. The fourth-order valence-corrected chi connectivity index (χ4v) is 2.82. The summed E-state index contributed by atoms with van der Waals surface area (Å²) < 4.78 is 32.6. The van der Waals surface area contributed by atoms with Crippen LogP contribution in [0.2, 0.25) is 0 Å². The van der Waals surface area contributed by atoms with Crippen LogP contribution in [0.25, 0.3) is 0 Å². The smallest absolute Gasteiger partial charge is 0.269 e. The topological polar surface area (TPSA) is 137 Å². The number of hydrogen-bond donors (Lipinski definition) is 3. The summed E-state index contributed by atoms with van der Waals surface area (Å²) in [7, 11) is -0.818. The fraction of sp³-hybridized carbons (Fsp3) is 0.222. The number of ether oxygens (including phenoxy) is 2. The number of carbonyl (C=O) groups excluding carboxylic acids is 2. The van der Waals surface area contributed by atoms with Gasteiger partial charge in [-0.1, -0.05) is 12.1 Å². The van der Waals surface area contributed by atoms with Crippen LogP contribution < -0.4 is 25.5 Å². The van der Waals surface area contributed by atoms with Crippen LogP contribution in [0.5, 0.6) is 11.5 Å². The molecule has 28 heavy (non-hydrogen) atoms. The zero-order valence-corrected chi connectivity index (χ0v) is 16.2. The van der Waals surface area contributed by atoms with Gasteiger partial charge in [-0.25, -0.2) is 13.6 Å². The van der Waals surface area contributed by atoms with Crippen LogP contribution in [0, 0.1) is 0 Å². The number of rotatable bonds is 7. The number of methoxy groups -OCH3 is 2. The Bertz CT molecular complexity index is 936. The highest BCUT2D eigenvalue weighted by molar-refractivity contribution is 7.89. The lowest BCUT2D eigenvalue weighted by atomic mass is 10.1. The Morgan fingerprint density at radius 2 is 1.54 bits per heavy atom. The van der Waals surface area contributed by atoms with E-state index in [9.17, 15) is 18.0 Å². The largest absolute Gasteiger partial charge is 0.497 e. The quantitative estimate of drug-likeness (QED) is 0.579. The first kappa shape index (κ1) is 21.2. The Morgan fingerprint density at radius 1 is 0.964 bits per heavy atom. The van der Waals surface area contributed by atoms with Crippen molar-refractivity contribution < 1.29 is 27.5 Å². The summed E-state index contributed by atoms with van der Waals surface area (Å²) in [4.78, 5) is 24.1. The molecule has 0 aliphatic heterocycles. The number of sulfonamides is 1. The summed E-state index contributed by atoms with van der Waals surface area (Å²) in [6.45, 7) is 0. The average molecular weight is 407 g/mol. The third-order valence-corrected chi connectivity index (χ3v) is 4.75. The predicted molar refractivity (Wildman–Crippen MR) is 101 cm³/mol. The van der Waals surface area contributed by atoms with Gasteiger partial charge in [0.05, 0.1) is 19.1 Å². The van der Waals surface area contributed by atoms with E-state index in [1.54, 1.807) is 18.2 Å². The molecule has 2 aromatic carbocycles. The normalized spacial score (nSPS) is 10.8. The summed E-state index contributed by atoms with van der Waals surface area (Å²) in [5.41, 5.74) is 5.66. The summed E-state index contributed by atoms with van der Waals surface area (Å²) in [6, 6.07) is 10.5. The Hall–Kier alpha value is -3.11. The molecule has 0 saturated heterocycles. The first-order valence-corrected chi connectivity index (χ1v) is 9.71. The highest BCUT2D eigenvalue weighted by Crippen LogP contribution is 2.22. The first-order valence-electron chi connectivity index (χ1n) is 8.17. The van der Waals surface area contributed by atoms with Crippen molar-refractivity contribution in [2.45, 2.75) is 17.7 Å². The van der Waals surface area contributed by atoms with E-state index in [-0.39, 0.29) is 16.9 Å². The van der Waals surface area contributed by atoms with E-state index in [1.165, 1.54) is 38.5 Å². The highest BCUT2D eigenvalue weighted by atomic mass is 32.2. The molecule has 0 bridgehead atoms. The van der Waals surface area contributed by atoms with Crippen molar-refractivity contribution in [2.75, 3.05) is 14.2 Å². The molecule has 0 atom stereocenters. The van der Waals surface area contributed by atoms with Gasteiger partial charge in [-0.05, 0) is 36.2 Å². The third-order valence-electron chi connectivity index (χ3n) is 3.82. The molecule has 0 heterocycles. The van der Waals surface area contributed by atoms with Gasteiger partial charge in [0, 0.05) is 18.1 Å². The number of nitrogens with one attached hydrogen (secondary N) is 2. The molecule has 2 rings (SSSR count). The summed E-state index contributed by atoms with van der Waals surface area (Å²) in [6.07, 6.45) is 0.454. The highest BCUT2D eigenvalue weighted by Gasteiger charge is 2.12. The SMILES string of the molecule is COc1cc(OC)cc(C(=O)NNC(=O)CCc2ccc(S(N)(=O)=O)cc2)c1. The molecule has 0 radical (unpaired) electrons. The molecule has 10 heteroatoms. The molecule has 2 aromatic rings. The number of primary sulfonamides is 1. The third kappa shape index (κ3) is 5.96. The van der Waals surface area contributed by atoms with E-state index in [0.29, 0.717) is 17.9 Å². The summed E-state index contributed by atoms with van der Waals surface area (Å²) in [5, 5.41) is 5.03. The van der Waals surface area contributed by atoms with Crippen LogP contribution in [-0.4, -0.2) is 34.5 Å². The fourth-order valence-electron chi connectivity index (χ4n) is 2.30. The van der Waals surface area contributed by atoms with Gasteiger partial charge in [-0.2, -0.15) is 0 Å². The minimum Gasteiger partial charge on any atom is -0.497 e. The Morgan fingerprint density at radius 3 is 2.04 bits per heavy atom. The van der Waals surface area contributed by atoms with Crippen molar-refractivity contribution in [3.63, 3.8) is 0 Å². The molecule has 2 amide bonds. The van der Waals surface area contributed by atoms with E-state index in [4.69, 9.17) is 14.6 Å². The first-order chi connectivity index (χ1) is 13.2. The van der Waals surface area contributed by atoms with Gasteiger partial charge >= 0.3 is 0 Å². The number of nitrogens with two attached hydrogens (primary N) is 1. The number of amides is 2. The van der Waals surface area contributed by atoms with Crippen LogP contribution in [0.4, 0.5) is 0 Å². The van der Waals surface area contributed by atoms with Crippen molar-refractivity contribution >= 4 is 21.8 Å². The molecule has 0 saturated carbocycles. The van der Waals surface area contributed by atoms with Gasteiger partial charge in [0.2, 0.25) is 15.9 Å². The zero-order chi connectivity index (χ0) is 20.7. The zero-order valence-electron chi connectivity index (χ0n) is 15.4. The number of carbonyl (C=O) groups is 2. The molecule has 0 spiro atoms. The van der Waals surface area contributed by atoms with Crippen LogP contribution in [0.15, 0.2) is 47.4 Å². The number of benzene rings is 2. The van der Waals surface area contributed by atoms with Crippen molar-refractivity contribution in [1.82, 2.24) is 10.9 Å². The predicted octanol–water partition coefficient (Wildman–Crippen LogP) is 0.745. The summed E-state index contributed by atoms with van der Waals surface area (Å²) in [5.74, 6) is -0.0423. The standard InChI is InChI=1S/C18H21N3O6S/c1-26-14-9-13(10-15(11-14)27-2)18(23)21-20-17(22)8-5-12-3-6-16(7-4-12)28(19,24)25/h3-4,6-7,9-11H,5,8H2,1-2H3,(H,20,22)(H,21,23)(H2,19,24,25). The number of aryl methyl sites for hydroxylation is 1. The molecular weight excluding hydrogens is 386 g/mol. The van der Waals surface area contributed by atoms with Gasteiger partial charge < -0.3 is 9.47 Å². The molecule has 150 valence electrons. The molecule has 0 unspecified atom stereocenters. The van der Waals surface area contributed by atoms with Crippen molar-refractivity contribution in [3.8, 4) is 11.5 Å². The van der Waals surface area contributed by atoms with Gasteiger partial charge in [0.15, 0.2) is 0 Å². The molecule has 4 N–H and O–H groups in total. The maximum atomic E-state index is 12.2. The molecule has 0 fully saturated rings. The lowest BCUT2D eigenvalue weighted by Crippen LogP contribution is -2.41. The molecular formula is C18H21N3O6S. The molecule has 0 aromatic heterocycles. The van der Waals surface area contributed by atoms with Crippen LogP contribution >= 0.6 is 0 Å². The minimum absolute atomic E-state index is 0.00156. The van der Waals surface area contributed by atoms with Gasteiger partial charge in [0.1, 0.15) is 11.5 Å². The van der Waals surface area contributed by atoms with E-state index in [2.05, 4.69) is 10.9 Å². The van der Waals surface area contributed by atoms with E-state index >= 15 is 0 Å². The maximum Gasteiger partial charge on any atom is 0.269 e. The minimum atomic E-state index is -3.75. The second-order valence-electron chi connectivity index (χ2n) is 5.79. The lowest BCUT2D eigenvalue weighted by Gasteiger charge is -2.10. The Balaban J connectivity index is 1.88. The van der Waals surface area contributed by atoms with Crippen LogP contribution in [0.3, 0.4) is 0 Å². The molecule has 9 nitrogen and oxygen atoms in total. The second-order valence-corrected chi connectivity index (χ2v) is 7.35. The lowest BCUT2D eigenvalue weighted by molar-refractivity contribution is -0.121. The number of hydrogen-bond acceptors (Lipinski definition) is 6. The Kier molecular flexibility index (Phi) is 6.96. The van der Waals surface area contributed by atoms with Crippen molar-refractivity contribution in [1.29, 1.82) is 0 Å². The van der Waals surface area contributed by atoms with Crippen LogP contribution in [-0.2, 0) is 21.2 Å². The molecule has 0 aliphatic carbocycles. The maximum absolute atomic E-state index is 12.2.